The van der Waals surface area contributed by atoms with E-state index in [9.17, 15) is 0 Å². The van der Waals surface area contributed by atoms with E-state index in [1.807, 2.05) is 55.4 Å². The average Bonchev–Trinajstić information content (AvgIpc) is 3.38. The van der Waals surface area contributed by atoms with Crippen LogP contribution in [0.2, 0.25) is 0 Å². The molecule has 0 aliphatic carbocycles. The predicted molar refractivity (Wildman–Crippen MR) is 172 cm³/mol. The zero-order chi connectivity index (χ0) is 29.1. The molecule has 0 unspecified atom stereocenters. The number of pyridine rings is 1. The van der Waals surface area contributed by atoms with Crippen molar-refractivity contribution in [2.24, 2.45) is 7.05 Å². The molecule has 0 N–H and O–H groups in total. The molecule has 4 aromatic rings. The number of benzene rings is 3. The summed E-state index contributed by atoms with van der Waals surface area (Å²) in [6, 6.07) is 28.1. The number of hydrogen-bond donors (Lipinski definition) is 0. The number of anilines is 4. The number of rotatable bonds is 2. The molecular weight excluding hydrogens is 477 g/mol. The van der Waals surface area contributed by atoms with Crippen molar-refractivity contribution in [3.05, 3.63) is 90.6 Å². The fraction of sp³-hybridized carbons (Fsp3) is 0.324. The number of ether oxygens (including phenoxy) is 1. The van der Waals surface area contributed by atoms with Crippen molar-refractivity contribution in [1.29, 1.82) is 0 Å². The third-order valence-electron chi connectivity index (χ3n) is 6.51. The van der Waals surface area contributed by atoms with E-state index in [1.54, 1.807) is 7.11 Å². The van der Waals surface area contributed by atoms with Gasteiger partial charge in [-0.2, -0.15) is 0 Å². The Morgan fingerprint density at radius 3 is 1.90 bits per heavy atom. The Labute approximate surface area is 238 Å². The van der Waals surface area contributed by atoms with Crippen molar-refractivity contribution >= 4 is 35.3 Å². The minimum absolute atomic E-state index is 0.0282. The lowest BCUT2D eigenvalue weighted by Crippen LogP contribution is -2.58. The van der Waals surface area contributed by atoms with Crippen LogP contribution in [0.15, 0.2) is 85.1 Å². The molecule has 5 heteroatoms. The van der Waals surface area contributed by atoms with Gasteiger partial charge >= 0.3 is 6.98 Å². The Morgan fingerprint density at radius 1 is 0.667 bits per heavy atom. The van der Waals surface area contributed by atoms with E-state index in [0.717, 1.165) is 11.3 Å². The van der Waals surface area contributed by atoms with Gasteiger partial charge in [-0.1, -0.05) is 97.9 Å². The van der Waals surface area contributed by atoms with Crippen molar-refractivity contribution < 1.29 is 9.30 Å². The summed E-state index contributed by atoms with van der Waals surface area (Å²) >= 11 is 0. The summed E-state index contributed by atoms with van der Waals surface area (Å²) in [7, 11) is 3.87. The highest BCUT2D eigenvalue weighted by atomic mass is 16.5. The number of nitrogens with zero attached hydrogens (tertiary/aromatic N) is 3. The third kappa shape index (κ3) is 5.54. The molecule has 6 rings (SSSR count). The van der Waals surface area contributed by atoms with Crippen molar-refractivity contribution in [1.82, 2.24) is 0 Å². The largest absolute Gasteiger partial charge is 0.543 e. The summed E-state index contributed by atoms with van der Waals surface area (Å²) in [5, 5.41) is 0. The maximum Gasteiger partial charge on any atom is 0.543 e. The lowest BCUT2D eigenvalue weighted by atomic mass is 9.60. The van der Waals surface area contributed by atoms with E-state index in [4.69, 9.17) is 4.74 Å². The van der Waals surface area contributed by atoms with Crippen LogP contribution in [0.1, 0.15) is 61.0 Å². The maximum atomic E-state index is 5.73. The highest BCUT2D eigenvalue weighted by Crippen LogP contribution is 2.52. The summed E-state index contributed by atoms with van der Waals surface area (Å²) in [5.74, 6) is 2.11. The molecule has 4 nitrogen and oxygen atoms in total. The Morgan fingerprint density at radius 2 is 1.26 bits per heavy atom. The lowest BCUT2D eigenvalue weighted by molar-refractivity contribution is -0.657. The van der Waals surface area contributed by atoms with E-state index in [0.29, 0.717) is 0 Å². The van der Waals surface area contributed by atoms with Crippen LogP contribution in [0, 0.1) is 6.92 Å². The molecule has 0 spiro atoms. The summed E-state index contributed by atoms with van der Waals surface area (Å²) < 4.78 is 7.96. The Balaban J connectivity index is 0.000000614. The quantitative estimate of drug-likeness (QED) is 0.193. The molecule has 39 heavy (non-hydrogen) atoms. The number of methoxy groups -OCH3 is 1. The van der Waals surface area contributed by atoms with Gasteiger partial charge in [0.1, 0.15) is 11.4 Å². The van der Waals surface area contributed by atoms with Crippen LogP contribution in [-0.4, -0.2) is 14.1 Å². The zero-order valence-corrected chi connectivity index (χ0v) is 25.9. The molecule has 0 fully saturated rings. The highest BCUT2D eigenvalue weighted by Gasteiger charge is 2.56. The van der Waals surface area contributed by atoms with Crippen molar-refractivity contribution in [2.75, 3.05) is 16.7 Å². The predicted octanol–water partition coefficient (Wildman–Crippen LogP) is 8.60. The fourth-order valence-electron chi connectivity index (χ4n) is 5.21. The van der Waals surface area contributed by atoms with Gasteiger partial charge in [-0.05, 0) is 48.9 Å². The maximum absolute atomic E-state index is 5.73. The van der Waals surface area contributed by atoms with E-state index in [2.05, 4.69) is 113 Å². The van der Waals surface area contributed by atoms with Gasteiger partial charge in [0.15, 0.2) is 0 Å². The van der Waals surface area contributed by atoms with Gasteiger partial charge in [0, 0.05) is 16.7 Å². The van der Waals surface area contributed by atoms with Crippen LogP contribution in [-0.2, 0) is 7.05 Å². The molecule has 0 atom stereocenters. The normalized spacial score (nSPS) is 11.3. The van der Waals surface area contributed by atoms with Crippen molar-refractivity contribution in [2.45, 2.75) is 62.3 Å². The smallest absolute Gasteiger partial charge is 0.496 e. The molecule has 2 aliphatic rings. The van der Waals surface area contributed by atoms with Crippen LogP contribution >= 0.6 is 0 Å². The second kappa shape index (κ2) is 15.0. The minimum atomic E-state index is 0.0282. The third-order valence-corrected chi connectivity index (χ3v) is 6.51. The van der Waals surface area contributed by atoms with Crippen LogP contribution in [0.3, 0.4) is 0 Å². The van der Waals surface area contributed by atoms with Crippen LogP contribution in [0.4, 0.5) is 22.9 Å². The molecular formula is C34H47BN3O+. The Kier molecular flexibility index (Phi) is 12.1. The molecule has 0 amide bonds. The van der Waals surface area contributed by atoms with Gasteiger partial charge in [-0.25, -0.2) is 4.57 Å². The second-order valence-corrected chi connectivity index (χ2v) is 8.15. The molecule has 0 bridgehead atoms. The first kappa shape index (κ1) is 31.5. The molecule has 0 saturated heterocycles. The molecule has 3 aromatic carbocycles. The summed E-state index contributed by atoms with van der Waals surface area (Å²) in [6.07, 6.45) is 2.13. The standard InChI is InChI=1S/C26H23BN3O.4C2H6/c1-18-24(31-3)16-15-23-25(18)30-26-21(13-9-17-28(26)2)20-12-7-8-14-22(20)27(30)29(23)19-10-5-4-6-11-19;4*1-2/h4-17H,1-3H3;4*1-2H3/q+1;;;;. The lowest BCUT2D eigenvalue weighted by Gasteiger charge is -2.31. The molecule has 206 valence electrons. The number of hydrogen-bond acceptors (Lipinski definition) is 3. The molecule has 1 aromatic heterocycles. The topological polar surface area (TPSA) is 19.6 Å². The summed E-state index contributed by atoms with van der Waals surface area (Å²) in [5.41, 5.74) is 8.56. The van der Waals surface area contributed by atoms with Gasteiger partial charge in [-0.3, -0.25) is 4.81 Å². The van der Waals surface area contributed by atoms with Crippen molar-refractivity contribution in [3.63, 3.8) is 0 Å². The monoisotopic (exact) mass is 524 g/mol. The fourth-order valence-corrected chi connectivity index (χ4v) is 5.21. The molecule has 0 saturated carbocycles. The van der Waals surface area contributed by atoms with Gasteiger partial charge < -0.3 is 9.55 Å². The van der Waals surface area contributed by atoms with E-state index >= 15 is 0 Å². The number of para-hydroxylation sites is 1. The zero-order valence-electron chi connectivity index (χ0n) is 25.9. The number of fused-ring (bicyclic) bond motifs is 8. The molecule has 2 aliphatic heterocycles. The Hall–Kier alpha value is -3.73. The van der Waals surface area contributed by atoms with Crippen molar-refractivity contribution in [3.8, 4) is 16.9 Å². The first-order valence-electron chi connectivity index (χ1n) is 14.6. The summed E-state index contributed by atoms with van der Waals surface area (Å²) in [4.78, 5) is 4.94. The van der Waals surface area contributed by atoms with Crippen LogP contribution < -0.4 is 24.4 Å². The number of aromatic nitrogens is 1. The summed E-state index contributed by atoms with van der Waals surface area (Å²) in [6.45, 7) is 18.2. The van der Waals surface area contributed by atoms with Gasteiger partial charge in [0.2, 0.25) is 0 Å². The molecule has 3 heterocycles. The van der Waals surface area contributed by atoms with E-state index in [1.165, 1.54) is 39.5 Å². The van der Waals surface area contributed by atoms with Gasteiger partial charge in [0.05, 0.1) is 31.6 Å². The van der Waals surface area contributed by atoms with Crippen LogP contribution in [0.25, 0.3) is 11.1 Å². The minimum Gasteiger partial charge on any atom is -0.496 e. The first-order chi connectivity index (χ1) is 19.2. The van der Waals surface area contributed by atoms with Gasteiger partial charge in [-0.15, -0.1) is 0 Å². The number of aryl methyl sites for hydroxylation is 1. The first-order valence-corrected chi connectivity index (χ1v) is 14.6. The Bertz CT molecular complexity index is 1320. The average molecular weight is 525 g/mol. The molecule has 0 radical (unpaired) electrons. The SMILES string of the molecule is CC.CC.CC.CC.COc1ccc2c(c1C)N1B(c3ccccc3-c3ccc[n+](C)c31)N2c1ccccc1. The van der Waals surface area contributed by atoms with Crippen LogP contribution in [0.5, 0.6) is 5.75 Å². The highest BCUT2D eigenvalue weighted by molar-refractivity contribution is 6.86. The van der Waals surface area contributed by atoms with Gasteiger partial charge in [0.25, 0.3) is 5.82 Å². The second-order valence-electron chi connectivity index (χ2n) is 8.15. The van der Waals surface area contributed by atoms with E-state index < -0.39 is 0 Å². The van der Waals surface area contributed by atoms with E-state index in [-0.39, 0.29) is 6.98 Å².